The van der Waals surface area contributed by atoms with E-state index >= 15 is 0 Å². The molecule has 0 saturated carbocycles. The van der Waals surface area contributed by atoms with Crippen molar-refractivity contribution in [3.8, 4) is 17.2 Å². The Labute approximate surface area is 176 Å². The number of benzene rings is 2. The molecule has 0 fully saturated rings. The predicted molar refractivity (Wildman–Crippen MR) is 112 cm³/mol. The number of hydrogen-bond donors (Lipinski definition) is 1. The van der Waals surface area contributed by atoms with Crippen molar-refractivity contribution in [3.63, 3.8) is 0 Å². The van der Waals surface area contributed by atoms with Crippen LogP contribution in [0.1, 0.15) is 40.1 Å². The first kappa shape index (κ1) is 23.0. The van der Waals surface area contributed by atoms with Crippen LogP contribution in [0.4, 0.5) is 5.69 Å². The Kier molecular flexibility index (Phi) is 8.06. The van der Waals surface area contributed by atoms with Gasteiger partial charge in [-0.2, -0.15) is 0 Å². The van der Waals surface area contributed by atoms with Gasteiger partial charge < -0.3 is 29.0 Å². The van der Waals surface area contributed by atoms with Gasteiger partial charge in [-0.15, -0.1) is 0 Å². The molecule has 0 unspecified atom stereocenters. The highest BCUT2D eigenvalue weighted by Crippen LogP contribution is 2.34. The monoisotopic (exact) mass is 417 g/mol. The summed E-state index contributed by atoms with van der Waals surface area (Å²) in [7, 11) is 5.73. The van der Waals surface area contributed by atoms with Gasteiger partial charge in [-0.3, -0.25) is 4.79 Å². The molecule has 0 saturated heterocycles. The minimum Gasteiger partial charge on any atom is -0.496 e. The molecule has 0 heterocycles. The highest BCUT2D eigenvalue weighted by atomic mass is 16.5. The molecule has 2 rings (SSSR count). The van der Waals surface area contributed by atoms with Crippen LogP contribution >= 0.6 is 0 Å². The predicted octanol–water partition coefficient (Wildman–Crippen LogP) is 3.68. The molecule has 0 aliphatic carbocycles. The van der Waals surface area contributed by atoms with E-state index in [4.69, 9.17) is 23.7 Å². The molecule has 0 aromatic heterocycles. The minimum absolute atomic E-state index is 0.0292. The third-order valence-corrected chi connectivity index (χ3v) is 4.29. The summed E-state index contributed by atoms with van der Waals surface area (Å²) >= 11 is 0. The van der Waals surface area contributed by atoms with Gasteiger partial charge in [0.15, 0.2) is 11.5 Å². The fourth-order valence-corrected chi connectivity index (χ4v) is 2.74. The summed E-state index contributed by atoms with van der Waals surface area (Å²) in [5.41, 5.74) is 1.49. The largest absolute Gasteiger partial charge is 0.496 e. The molecule has 1 N–H and O–H groups in total. The lowest BCUT2D eigenvalue weighted by atomic mass is 10.1. The lowest BCUT2D eigenvalue weighted by Gasteiger charge is -2.16. The molecule has 8 nitrogen and oxygen atoms in total. The Bertz CT molecular complexity index is 909. The molecular formula is C22H27NO7. The Morgan fingerprint density at radius 2 is 1.53 bits per heavy atom. The van der Waals surface area contributed by atoms with E-state index in [-0.39, 0.29) is 17.4 Å². The molecule has 0 bridgehead atoms. The summed E-state index contributed by atoms with van der Waals surface area (Å²) in [4.78, 5) is 25.1. The van der Waals surface area contributed by atoms with Crippen molar-refractivity contribution in [1.82, 2.24) is 0 Å². The van der Waals surface area contributed by atoms with Gasteiger partial charge in [0.1, 0.15) is 5.75 Å². The number of ether oxygens (including phenoxy) is 5. The Hall–Kier alpha value is -3.26. The number of anilines is 1. The SMILES string of the molecule is COC(=O)c1cc(OC)c(OC)cc1NC(=O)c1ccc(OC)c(COC(C)C)c1. The van der Waals surface area contributed by atoms with E-state index in [2.05, 4.69) is 5.32 Å². The summed E-state index contributed by atoms with van der Waals surface area (Å²) in [5.74, 6) is 0.288. The van der Waals surface area contributed by atoms with Gasteiger partial charge in [-0.1, -0.05) is 0 Å². The molecule has 0 aliphatic rings. The van der Waals surface area contributed by atoms with E-state index in [0.717, 1.165) is 5.56 Å². The highest BCUT2D eigenvalue weighted by Gasteiger charge is 2.20. The fraction of sp³-hybridized carbons (Fsp3) is 0.364. The highest BCUT2D eigenvalue weighted by molar-refractivity contribution is 6.08. The normalized spacial score (nSPS) is 10.5. The van der Waals surface area contributed by atoms with Gasteiger partial charge >= 0.3 is 5.97 Å². The number of carbonyl (C=O) groups is 2. The molecule has 8 heteroatoms. The Morgan fingerprint density at radius 1 is 0.900 bits per heavy atom. The number of hydrogen-bond acceptors (Lipinski definition) is 7. The molecule has 0 aliphatic heterocycles. The summed E-state index contributed by atoms with van der Waals surface area (Å²) in [6.07, 6.45) is 0.0292. The fourth-order valence-electron chi connectivity index (χ4n) is 2.74. The maximum Gasteiger partial charge on any atom is 0.340 e. The number of carbonyl (C=O) groups excluding carboxylic acids is 2. The second-order valence-electron chi connectivity index (χ2n) is 6.58. The van der Waals surface area contributed by atoms with Gasteiger partial charge in [0.05, 0.1) is 52.4 Å². The molecule has 30 heavy (non-hydrogen) atoms. The molecule has 1 amide bonds. The molecule has 0 radical (unpaired) electrons. The second-order valence-corrected chi connectivity index (χ2v) is 6.58. The standard InChI is InChI=1S/C22H27NO7/c1-13(2)30-12-15-9-14(7-8-18(15)26-3)21(24)23-17-11-20(28-5)19(27-4)10-16(17)22(25)29-6/h7-11,13H,12H2,1-6H3,(H,23,24). The van der Waals surface area contributed by atoms with Crippen LogP contribution in [-0.4, -0.2) is 46.4 Å². The first-order valence-electron chi connectivity index (χ1n) is 9.28. The van der Waals surface area contributed by atoms with Crippen LogP contribution in [-0.2, 0) is 16.1 Å². The van der Waals surface area contributed by atoms with Gasteiger partial charge in [0.2, 0.25) is 0 Å². The van der Waals surface area contributed by atoms with Crippen LogP contribution in [0.15, 0.2) is 30.3 Å². The smallest absolute Gasteiger partial charge is 0.340 e. The van der Waals surface area contributed by atoms with Crippen molar-refractivity contribution < 1.29 is 33.3 Å². The zero-order valence-corrected chi connectivity index (χ0v) is 18.0. The number of esters is 1. The third kappa shape index (κ3) is 5.42. The van der Waals surface area contributed by atoms with Gasteiger partial charge in [-0.25, -0.2) is 4.79 Å². The van der Waals surface area contributed by atoms with Crippen molar-refractivity contribution in [2.75, 3.05) is 33.8 Å². The summed E-state index contributed by atoms with van der Waals surface area (Å²) in [5, 5.41) is 2.74. The van der Waals surface area contributed by atoms with Crippen molar-refractivity contribution in [1.29, 1.82) is 0 Å². The minimum atomic E-state index is -0.619. The van der Waals surface area contributed by atoms with Crippen LogP contribution < -0.4 is 19.5 Å². The van der Waals surface area contributed by atoms with Crippen molar-refractivity contribution in [2.24, 2.45) is 0 Å². The number of amides is 1. The zero-order valence-electron chi connectivity index (χ0n) is 18.0. The molecular weight excluding hydrogens is 390 g/mol. The van der Waals surface area contributed by atoms with E-state index in [0.29, 0.717) is 29.4 Å². The first-order valence-corrected chi connectivity index (χ1v) is 9.28. The average Bonchev–Trinajstić information content (AvgIpc) is 2.76. The van der Waals surface area contributed by atoms with E-state index in [9.17, 15) is 9.59 Å². The van der Waals surface area contributed by atoms with Crippen molar-refractivity contribution >= 4 is 17.6 Å². The Morgan fingerprint density at radius 3 is 2.10 bits per heavy atom. The molecule has 0 atom stereocenters. The maximum absolute atomic E-state index is 12.9. The van der Waals surface area contributed by atoms with Gasteiger partial charge in [-0.05, 0) is 32.0 Å². The Balaban J connectivity index is 2.39. The maximum atomic E-state index is 12.9. The molecule has 0 spiro atoms. The molecule has 2 aromatic carbocycles. The quantitative estimate of drug-likeness (QED) is 0.622. The average molecular weight is 417 g/mol. The summed E-state index contributed by atoms with van der Waals surface area (Å²) < 4.78 is 26.3. The van der Waals surface area contributed by atoms with E-state index < -0.39 is 11.9 Å². The van der Waals surface area contributed by atoms with Crippen LogP contribution in [0.25, 0.3) is 0 Å². The van der Waals surface area contributed by atoms with Crippen LogP contribution in [0.5, 0.6) is 17.2 Å². The lowest BCUT2D eigenvalue weighted by Crippen LogP contribution is -2.16. The summed E-state index contributed by atoms with van der Waals surface area (Å²) in [6.45, 7) is 4.15. The zero-order chi connectivity index (χ0) is 22.3. The van der Waals surface area contributed by atoms with E-state index in [1.165, 1.54) is 33.5 Å². The summed E-state index contributed by atoms with van der Waals surface area (Å²) in [6, 6.07) is 7.98. The van der Waals surface area contributed by atoms with E-state index in [1.54, 1.807) is 25.3 Å². The van der Waals surface area contributed by atoms with Gasteiger partial charge in [0.25, 0.3) is 5.91 Å². The number of methoxy groups -OCH3 is 4. The number of rotatable bonds is 9. The first-order chi connectivity index (χ1) is 14.3. The topological polar surface area (TPSA) is 92.3 Å². The molecule has 2 aromatic rings. The lowest BCUT2D eigenvalue weighted by molar-refractivity contribution is 0.0601. The second kappa shape index (κ2) is 10.5. The number of nitrogens with one attached hydrogen (secondary N) is 1. The van der Waals surface area contributed by atoms with Crippen molar-refractivity contribution in [3.05, 3.63) is 47.0 Å². The van der Waals surface area contributed by atoms with Crippen LogP contribution in [0.3, 0.4) is 0 Å². The van der Waals surface area contributed by atoms with Gasteiger partial charge in [0, 0.05) is 23.3 Å². The molecule has 162 valence electrons. The van der Waals surface area contributed by atoms with E-state index in [1.807, 2.05) is 13.8 Å². The van der Waals surface area contributed by atoms with Crippen molar-refractivity contribution in [2.45, 2.75) is 26.6 Å². The van der Waals surface area contributed by atoms with Crippen LogP contribution in [0, 0.1) is 0 Å². The van der Waals surface area contributed by atoms with Crippen LogP contribution in [0.2, 0.25) is 0 Å². The third-order valence-electron chi connectivity index (χ3n) is 4.29.